The molecule has 1 aromatic carbocycles. The van der Waals surface area contributed by atoms with Crippen LogP contribution in [-0.2, 0) is 17.8 Å². The highest BCUT2D eigenvalue weighted by Gasteiger charge is 2.20. The highest BCUT2D eigenvalue weighted by Crippen LogP contribution is 2.29. The molecule has 0 saturated heterocycles. The zero-order valence-corrected chi connectivity index (χ0v) is 11.6. The van der Waals surface area contributed by atoms with Crippen molar-refractivity contribution in [2.24, 2.45) is 11.8 Å². The Labute approximate surface area is 115 Å². The number of benzene rings is 1. The first-order chi connectivity index (χ1) is 9.13. The lowest BCUT2D eigenvalue weighted by Gasteiger charge is -2.11. The maximum absolute atomic E-state index is 10.6. The van der Waals surface area contributed by atoms with Crippen LogP contribution in [0.25, 0.3) is 0 Å². The van der Waals surface area contributed by atoms with E-state index in [0.717, 1.165) is 30.5 Å². The summed E-state index contributed by atoms with van der Waals surface area (Å²) in [4.78, 5) is 10.6. The molecule has 2 rings (SSSR count). The summed E-state index contributed by atoms with van der Waals surface area (Å²) in [5.41, 5.74) is 2.08. The quantitative estimate of drug-likeness (QED) is 0.828. The number of carboxylic acids is 1. The van der Waals surface area contributed by atoms with E-state index in [1.807, 2.05) is 24.3 Å². The average Bonchev–Trinajstić information content (AvgIpc) is 2.77. The van der Waals surface area contributed by atoms with Gasteiger partial charge in [-0.25, -0.2) is 0 Å². The van der Waals surface area contributed by atoms with Crippen LogP contribution in [0.1, 0.15) is 37.3 Å². The zero-order valence-electron chi connectivity index (χ0n) is 11.6. The van der Waals surface area contributed by atoms with Gasteiger partial charge in [-0.2, -0.15) is 0 Å². The number of carboxylic acid groups (broad SMARTS) is 1. The number of aliphatic carboxylic acids is 1. The van der Waals surface area contributed by atoms with Crippen LogP contribution in [0.2, 0.25) is 0 Å². The second-order valence-electron chi connectivity index (χ2n) is 5.80. The fraction of sp³-hybridized carbons (Fsp3) is 0.562. The molecule has 1 aliphatic rings. The number of hydrogen-bond acceptors (Lipinski definition) is 2. The third kappa shape index (κ3) is 4.67. The molecule has 1 fully saturated rings. The summed E-state index contributed by atoms with van der Waals surface area (Å²) in [5.74, 6) is 0.949. The molecule has 1 aliphatic carbocycles. The lowest BCUT2D eigenvalue weighted by Crippen LogP contribution is -2.20. The number of hydrogen-bond donors (Lipinski definition) is 2. The molecule has 0 heterocycles. The largest absolute Gasteiger partial charge is 0.481 e. The molecule has 2 atom stereocenters. The van der Waals surface area contributed by atoms with Gasteiger partial charge in [0.2, 0.25) is 0 Å². The van der Waals surface area contributed by atoms with Crippen LogP contribution >= 0.6 is 0 Å². The second-order valence-corrected chi connectivity index (χ2v) is 5.80. The van der Waals surface area contributed by atoms with E-state index < -0.39 is 5.97 Å². The Morgan fingerprint density at radius 1 is 1.26 bits per heavy atom. The van der Waals surface area contributed by atoms with E-state index in [1.54, 1.807) is 0 Å². The third-order valence-electron chi connectivity index (χ3n) is 3.94. The van der Waals surface area contributed by atoms with E-state index in [2.05, 4.69) is 12.2 Å². The van der Waals surface area contributed by atoms with Crippen LogP contribution in [0.4, 0.5) is 0 Å². The monoisotopic (exact) mass is 261 g/mol. The van der Waals surface area contributed by atoms with Crippen LogP contribution in [-0.4, -0.2) is 17.6 Å². The van der Waals surface area contributed by atoms with E-state index in [4.69, 9.17) is 5.11 Å². The third-order valence-corrected chi connectivity index (χ3v) is 3.94. The minimum Gasteiger partial charge on any atom is -0.481 e. The molecule has 2 unspecified atom stereocenters. The molecule has 3 nitrogen and oxygen atoms in total. The average molecular weight is 261 g/mol. The first-order valence-corrected chi connectivity index (χ1v) is 7.14. The highest BCUT2D eigenvalue weighted by molar-refractivity contribution is 5.70. The standard InChI is InChI=1S/C16H23NO2/c1-12-2-3-15(8-12)11-17-10-14-6-4-13(5-7-14)9-16(18)19/h4-7,12,15,17H,2-3,8-11H2,1H3,(H,18,19). The Morgan fingerprint density at radius 3 is 2.53 bits per heavy atom. The second kappa shape index (κ2) is 6.71. The Morgan fingerprint density at radius 2 is 1.95 bits per heavy atom. The first kappa shape index (κ1) is 14.1. The molecule has 0 spiro atoms. The topological polar surface area (TPSA) is 49.3 Å². The fourth-order valence-corrected chi connectivity index (χ4v) is 2.88. The predicted octanol–water partition coefficient (Wildman–Crippen LogP) is 2.84. The van der Waals surface area contributed by atoms with Crippen molar-refractivity contribution < 1.29 is 9.90 Å². The van der Waals surface area contributed by atoms with Gasteiger partial charge in [-0.05, 0) is 42.3 Å². The molecule has 3 heteroatoms. The molecule has 0 aliphatic heterocycles. The van der Waals surface area contributed by atoms with E-state index in [-0.39, 0.29) is 6.42 Å². The molecule has 1 saturated carbocycles. The van der Waals surface area contributed by atoms with Gasteiger partial charge in [-0.3, -0.25) is 4.79 Å². The van der Waals surface area contributed by atoms with Gasteiger partial charge in [-0.1, -0.05) is 37.6 Å². The zero-order chi connectivity index (χ0) is 13.7. The van der Waals surface area contributed by atoms with Crippen molar-refractivity contribution in [3.05, 3.63) is 35.4 Å². The van der Waals surface area contributed by atoms with Crippen molar-refractivity contribution in [3.63, 3.8) is 0 Å². The molecular weight excluding hydrogens is 238 g/mol. The van der Waals surface area contributed by atoms with Gasteiger partial charge in [0, 0.05) is 6.54 Å². The van der Waals surface area contributed by atoms with Crippen molar-refractivity contribution in [2.45, 2.75) is 39.2 Å². The smallest absolute Gasteiger partial charge is 0.307 e. The molecule has 1 aromatic rings. The van der Waals surface area contributed by atoms with Gasteiger partial charge in [0.1, 0.15) is 0 Å². The summed E-state index contributed by atoms with van der Waals surface area (Å²) < 4.78 is 0. The highest BCUT2D eigenvalue weighted by atomic mass is 16.4. The van der Waals surface area contributed by atoms with Gasteiger partial charge in [0.25, 0.3) is 0 Å². The molecular formula is C16H23NO2. The van der Waals surface area contributed by atoms with Crippen molar-refractivity contribution in [2.75, 3.05) is 6.54 Å². The first-order valence-electron chi connectivity index (χ1n) is 7.14. The van der Waals surface area contributed by atoms with Crippen LogP contribution in [0.3, 0.4) is 0 Å². The van der Waals surface area contributed by atoms with Crippen LogP contribution < -0.4 is 5.32 Å². The Kier molecular flexibility index (Phi) is 4.97. The minimum absolute atomic E-state index is 0.105. The summed E-state index contributed by atoms with van der Waals surface area (Å²) in [6.45, 7) is 4.31. The maximum atomic E-state index is 10.6. The van der Waals surface area contributed by atoms with Gasteiger partial charge >= 0.3 is 5.97 Å². The van der Waals surface area contributed by atoms with Gasteiger partial charge in [-0.15, -0.1) is 0 Å². The molecule has 0 radical (unpaired) electrons. The van der Waals surface area contributed by atoms with E-state index in [1.165, 1.54) is 24.8 Å². The molecule has 0 bridgehead atoms. The molecule has 104 valence electrons. The molecule has 0 amide bonds. The minimum atomic E-state index is -0.777. The van der Waals surface area contributed by atoms with Crippen molar-refractivity contribution in [3.8, 4) is 0 Å². The number of carbonyl (C=O) groups is 1. The van der Waals surface area contributed by atoms with Gasteiger partial charge in [0.15, 0.2) is 0 Å². The van der Waals surface area contributed by atoms with Crippen molar-refractivity contribution >= 4 is 5.97 Å². The maximum Gasteiger partial charge on any atom is 0.307 e. The summed E-state index contributed by atoms with van der Waals surface area (Å²) in [5, 5.41) is 12.2. The fourth-order valence-electron chi connectivity index (χ4n) is 2.88. The van der Waals surface area contributed by atoms with Crippen LogP contribution in [0.5, 0.6) is 0 Å². The van der Waals surface area contributed by atoms with Gasteiger partial charge < -0.3 is 10.4 Å². The van der Waals surface area contributed by atoms with Crippen LogP contribution in [0.15, 0.2) is 24.3 Å². The summed E-state index contributed by atoms with van der Waals surface area (Å²) in [7, 11) is 0. The van der Waals surface area contributed by atoms with E-state index in [9.17, 15) is 4.79 Å². The van der Waals surface area contributed by atoms with Crippen molar-refractivity contribution in [1.29, 1.82) is 0 Å². The van der Waals surface area contributed by atoms with Crippen molar-refractivity contribution in [1.82, 2.24) is 5.32 Å². The number of rotatable bonds is 6. The molecule has 0 aromatic heterocycles. The Balaban J connectivity index is 1.72. The Bertz CT molecular complexity index is 413. The van der Waals surface area contributed by atoms with E-state index in [0.29, 0.717) is 0 Å². The van der Waals surface area contributed by atoms with Crippen LogP contribution in [0, 0.1) is 11.8 Å². The normalized spacial score (nSPS) is 22.6. The molecule has 19 heavy (non-hydrogen) atoms. The number of nitrogens with one attached hydrogen (secondary N) is 1. The molecule has 2 N–H and O–H groups in total. The predicted molar refractivity (Wildman–Crippen MR) is 76.0 cm³/mol. The summed E-state index contributed by atoms with van der Waals surface area (Å²) in [6.07, 6.45) is 4.18. The SMILES string of the molecule is CC1CCC(CNCc2ccc(CC(=O)O)cc2)C1. The van der Waals surface area contributed by atoms with E-state index >= 15 is 0 Å². The summed E-state index contributed by atoms with van der Waals surface area (Å²) >= 11 is 0. The Hall–Kier alpha value is -1.35. The lowest BCUT2D eigenvalue weighted by atomic mass is 10.1. The summed E-state index contributed by atoms with van der Waals surface area (Å²) in [6, 6.07) is 7.84. The van der Waals surface area contributed by atoms with Gasteiger partial charge in [0.05, 0.1) is 6.42 Å². The lowest BCUT2D eigenvalue weighted by molar-refractivity contribution is -0.136.